The van der Waals surface area contributed by atoms with Crippen LogP contribution >= 0.6 is 0 Å². The first kappa shape index (κ1) is 14.9. The van der Waals surface area contributed by atoms with Gasteiger partial charge in [0, 0.05) is 31.4 Å². The zero-order valence-corrected chi connectivity index (χ0v) is 13.6. The number of hydrogen-bond acceptors (Lipinski definition) is 2. The fraction of sp³-hybridized carbons (Fsp3) is 0.300. The third kappa shape index (κ3) is 3.18. The van der Waals surface area contributed by atoms with E-state index in [-0.39, 0.29) is 11.8 Å². The summed E-state index contributed by atoms with van der Waals surface area (Å²) < 4.78 is 2.03. The molecule has 1 aliphatic rings. The average molecular weight is 319 g/mol. The highest BCUT2D eigenvalue weighted by atomic mass is 16.2. The summed E-state index contributed by atoms with van der Waals surface area (Å²) >= 11 is 0. The van der Waals surface area contributed by atoms with Crippen molar-refractivity contribution in [3.8, 4) is 0 Å². The highest BCUT2D eigenvalue weighted by Crippen LogP contribution is 2.48. The molecule has 24 heavy (non-hydrogen) atoms. The van der Waals surface area contributed by atoms with Crippen molar-refractivity contribution in [3.63, 3.8) is 0 Å². The summed E-state index contributed by atoms with van der Waals surface area (Å²) in [6, 6.07) is 14.9. The zero-order valence-electron chi connectivity index (χ0n) is 13.6. The Morgan fingerprint density at radius 3 is 2.92 bits per heavy atom. The Hall–Kier alpha value is -2.62. The summed E-state index contributed by atoms with van der Waals surface area (Å²) in [6.45, 7) is 1.61. The molecule has 1 aliphatic carbocycles. The van der Waals surface area contributed by atoms with Crippen LogP contribution in [-0.4, -0.2) is 22.0 Å². The third-order valence-electron chi connectivity index (χ3n) is 4.78. The number of nitrogens with zero attached hydrogens (tertiary/aromatic N) is 2. The maximum atomic E-state index is 12.3. The van der Waals surface area contributed by atoms with E-state index in [1.807, 2.05) is 10.8 Å². The molecule has 2 unspecified atom stereocenters. The van der Waals surface area contributed by atoms with Crippen LogP contribution in [0.25, 0.3) is 10.8 Å². The van der Waals surface area contributed by atoms with E-state index >= 15 is 0 Å². The Morgan fingerprint density at radius 2 is 2.08 bits per heavy atom. The third-order valence-corrected chi connectivity index (χ3v) is 4.78. The van der Waals surface area contributed by atoms with Crippen molar-refractivity contribution >= 4 is 16.7 Å². The Kier molecular flexibility index (Phi) is 4.03. The van der Waals surface area contributed by atoms with Crippen LogP contribution in [0.1, 0.15) is 24.3 Å². The summed E-state index contributed by atoms with van der Waals surface area (Å²) in [6.07, 6.45) is 7.41. The number of carbonyl (C=O) groups is 1. The molecule has 122 valence electrons. The molecule has 1 heterocycles. The smallest absolute Gasteiger partial charge is 0.223 e. The van der Waals surface area contributed by atoms with Gasteiger partial charge in [-0.2, -0.15) is 0 Å². The van der Waals surface area contributed by atoms with Crippen molar-refractivity contribution in [1.82, 2.24) is 14.9 Å². The molecule has 4 heteroatoms. The molecule has 0 aliphatic heterocycles. The van der Waals surface area contributed by atoms with E-state index in [1.54, 1.807) is 12.5 Å². The number of aryl methyl sites for hydroxylation is 1. The van der Waals surface area contributed by atoms with E-state index in [0.717, 1.165) is 25.9 Å². The lowest BCUT2D eigenvalue weighted by atomic mass is 10.0. The number of amides is 1. The number of nitrogens with one attached hydrogen (secondary N) is 1. The molecule has 1 fully saturated rings. The largest absolute Gasteiger partial charge is 0.356 e. The molecule has 0 bridgehead atoms. The van der Waals surface area contributed by atoms with Crippen molar-refractivity contribution in [1.29, 1.82) is 0 Å². The number of rotatable bonds is 6. The van der Waals surface area contributed by atoms with Crippen LogP contribution in [0, 0.1) is 5.92 Å². The molecule has 1 amide bonds. The molecular formula is C20H21N3O. The van der Waals surface area contributed by atoms with Crippen LogP contribution in [0.2, 0.25) is 0 Å². The van der Waals surface area contributed by atoms with Crippen molar-refractivity contribution in [2.24, 2.45) is 5.92 Å². The maximum absolute atomic E-state index is 12.3. The topological polar surface area (TPSA) is 46.9 Å². The number of imidazole rings is 1. The van der Waals surface area contributed by atoms with Crippen molar-refractivity contribution < 1.29 is 4.79 Å². The van der Waals surface area contributed by atoms with Gasteiger partial charge in [0.25, 0.3) is 0 Å². The summed E-state index contributed by atoms with van der Waals surface area (Å²) in [7, 11) is 0. The van der Waals surface area contributed by atoms with Crippen LogP contribution in [-0.2, 0) is 11.3 Å². The van der Waals surface area contributed by atoms with Crippen molar-refractivity contribution in [2.45, 2.75) is 25.3 Å². The van der Waals surface area contributed by atoms with Crippen molar-refractivity contribution in [2.75, 3.05) is 6.54 Å². The van der Waals surface area contributed by atoms with Crippen LogP contribution in [0.3, 0.4) is 0 Å². The standard InChI is InChI=1S/C20H21N3O/c24-20(22-8-3-10-23-11-9-21-14-23)19-13-18(19)17-7-6-15-4-1-2-5-16(15)12-17/h1-2,4-7,9,11-12,14,18-19H,3,8,10,13H2,(H,22,24). The van der Waals surface area contributed by atoms with Gasteiger partial charge in [-0.05, 0) is 35.1 Å². The first-order valence-corrected chi connectivity index (χ1v) is 8.53. The van der Waals surface area contributed by atoms with E-state index < -0.39 is 0 Å². The second-order valence-corrected chi connectivity index (χ2v) is 6.50. The monoisotopic (exact) mass is 319 g/mol. The van der Waals surface area contributed by atoms with Gasteiger partial charge in [0.1, 0.15) is 0 Å². The van der Waals surface area contributed by atoms with Gasteiger partial charge in [0.2, 0.25) is 5.91 Å². The summed E-state index contributed by atoms with van der Waals surface area (Å²) in [5, 5.41) is 5.57. The summed E-state index contributed by atoms with van der Waals surface area (Å²) in [5.41, 5.74) is 1.28. The van der Waals surface area contributed by atoms with Crippen LogP contribution < -0.4 is 5.32 Å². The Labute approximate surface area is 141 Å². The van der Waals surface area contributed by atoms with Crippen LogP contribution in [0.4, 0.5) is 0 Å². The van der Waals surface area contributed by atoms with E-state index in [2.05, 4.69) is 52.8 Å². The highest BCUT2D eigenvalue weighted by Gasteiger charge is 2.43. The minimum absolute atomic E-state index is 0.138. The number of hydrogen-bond donors (Lipinski definition) is 1. The molecule has 0 radical (unpaired) electrons. The molecular weight excluding hydrogens is 298 g/mol. The van der Waals surface area contributed by atoms with Gasteiger partial charge in [-0.15, -0.1) is 0 Å². The minimum Gasteiger partial charge on any atom is -0.356 e. The first-order chi connectivity index (χ1) is 11.8. The summed E-state index contributed by atoms with van der Waals surface area (Å²) in [5.74, 6) is 0.710. The van der Waals surface area contributed by atoms with Gasteiger partial charge < -0.3 is 9.88 Å². The van der Waals surface area contributed by atoms with E-state index in [0.29, 0.717) is 5.92 Å². The molecule has 0 saturated heterocycles. The van der Waals surface area contributed by atoms with Crippen molar-refractivity contribution in [3.05, 3.63) is 66.7 Å². The number of benzene rings is 2. The highest BCUT2D eigenvalue weighted by molar-refractivity contribution is 5.85. The molecule has 2 aromatic carbocycles. The molecule has 1 N–H and O–H groups in total. The Bertz CT molecular complexity index is 841. The molecule has 2 atom stereocenters. The predicted octanol–water partition coefficient (Wildman–Crippen LogP) is 3.35. The molecule has 1 aromatic heterocycles. The van der Waals surface area contributed by atoms with Crippen LogP contribution in [0.15, 0.2) is 61.2 Å². The summed E-state index contributed by atoms with van der Waals surface area (Å²) in [4.78, 5) is 16.3. The maximum Gasteiger partial charge on any atom is 0.223 e. The van der Waals surface area contributed by atoms with Gasteiger partial charge >= 0.3 is 0 Å². The van der Waals surface area contributed by atoms with Gasteiger partial charge in [-0.25, -0.2) is 4.98 Å². The van der Waals surface area contributed by atoms with Gasteiger partial charge in [-0.1, -0.05) is 42.5 Å². The average Bonchev–Trinajstić information content (AvgIpc) is 3.26. The van der Waals surface area contributed by atoms with Gasteiger partial charge in [0.15, 0.2) is 0 Å². The van der Waals surface area contributed by atoms with Crippen LogP contribution in [0.5, 0.6) is 0 Å². The van der Waals surface area contributed by atoms with E-state index in [1.165, 1.54) is 16.3 Å². The Morgan fingerprint density at radius 1 is 1.21 bits per heavy atom. The lowest BCUT2D eigenvalue weighted by Gasteiger charge is -2.06. The van der Waals surface area contributed by atoms with E-state index in [9.17, 15) is 4.79 Å². The molecule has 4 rings (SSSR count). The SMILES string of the molecule is O=C(NCCCn1ccnc1)C1CC1c1ccc2ccccc2c1. The fourth-order valence-electron chi connectivity index (χ4n) is 3.31. The van der Waals surface area contributed by atoms with E-state index in [4.69, 9.17) is 0 Å². The number of carbonyl (C=O) groups excluding carboxylic acids is 1. The minimum atomic E-state index is 0.138. The normalized spacial score (nSPS) is 19.3. The molecule has 1 saturated carbocycles. The zero-order chi connectivity index (χ0) is 16.4. The second-order valence-electron chi connectivity index (χ2n) is 6.50. The quantitative estimate of drug-likeness (QED) is 0.708. The lowest BCUT2D eigenvalue weighted by molar-refractivity contribution is -0.122. The molecule has 0 spiro atoms. The first-order valence-electron chi connectivity index (χ1n) is 8.53. The predicted molar refractivity (Wildman–Crippen MR) is 94.6 cm³/mol. The molecule has 3 aromatic rings. The lowest BCUT2D eigenvalue weighted by Crippen LogP contribution is -2.27. The van der Waals surface area contributed by atoms with Gasteiger partial charge in [0.05, 0.1) is 6.33 Å². The van der Waals surface area contributed by atoms with Gasteiger partial charge in [-0.3, -0.25) is 4.79 Å². The Balaban J connectivity index is 1.29. The fourth-order valence-corrected chi connectivity index (χ4v) is 3.31. The second kappa shape index (κ2) is 6.48. The number of aromatic nitrogens is 2. The number of fused-ring (bicyclic) bond motifs is 1. The molecule has 4 nitrogen and oxygen atoms in total.